The van der Waals surface area contributed by atoms with Gasteiger partial charge in [-0.25, -0.2) is 4.98 Å². The highest BCUT2D eigenvalue weighted by Crippen LogP contribution is 2.43. The normalized spacial score (nSPS) is 15.2. The molecule has 3 rings (SSSR count). The molecule has 0 radical (unpaired) electrons. The fraction of sp³-hybridized carbons (Fsp3) is 0.385. The fourth-order valence-electron chi connectivity index (χ4n) is 1.96. The molecule has 0 amide bonds. The van der Waals surface area contributed by atoms with E-state index in [-0.39, 0.29) is 0 Å². The third-order valence-electron chi connectivity index (χ3n) is 2.98. The molecule has 1 aliphatic carbocycles. The Morgan fingerprint density at radius 2 is 2.18 bits per heavy atom. The molecule has 0 spiro atoms. The van der Waals surface area contributed by atoms with Crippen LogP contribution >= 0.6 is 11.3 Å². The quantitative estimate of drug-likeness (QED) is 0.904. The third kappa shape index (κ3) is 2.10. The van der Waals surface area contributed by atoms with E-state index in [2.05, 4.69) is 4.98 Å². The van der Waals surface area contributed by atoms with Crippen LogP contribution in [0.5, 0.6) is 0 Å². The SMILES string of the molecule is Cc1cccc(-c2nc(C3CC3)c(CN)s2)n1. The fourth-order valence-corrected chi connectivity index (χ4v) is 2.95. The van der Waals surface area contributed by atoms with Gasteiger partial charge < -0.3 is 5.73 Å². The molecule has 1 saturated carbocycles. The molecule has 0 saturated heterocycles. The summed E-state index contributed by atoms with van der Waals surface area (Å²) < 4.78 is 0. The zero-order chi connectivity index (χ0) is 11.8. The van der Waals surface area contributed by atoms with E-state index in [0.717, 1.165) is 16.4 Å². The lowest BCUT2D eigenvalue weighted by Gasteiger charge is -1.96. The molecule has 4 heteroatoms. The van der Waals surface area contributed by atoms with Crippen LogP contribution in [0.25, 0.3) is 10.7 Å². The first-order chi connectivity index (χ1) is 8.28. The van der Waals surface area contributed by atoms with E-state index in [1.54, 1.807) is 11.3 Å². The number of rotatable bonds is 3. The van der Waals surface area contributed by atoms with Gasteiger partial charge >= 0.3 is 0 Å². The maximum absolute atomic E-state index is 5.79. The first-order valence-electron chi connectivity index (χ1n) is 5.91. The van der Waals surface area contributed by atoms with Crippen molar-refractivity contribution in [1.29, 1.82) is 0 Å². The lowest BCUT2D eigenvalue weighted by molar-refractivity contribution is 0.978. The molecule has 2 aromatic rings. The summed E-state index contributed by atoms with van der Waals surface area (Å²) in [6.45, 7) is 2.60. The van der Waals surface area contributed by atoms with Crippen LogP contribution in [-0.2, 0) is 6.54 Å². The standard InChI is InChI=1S/C13H15N3S/c1-8-3-2-4-10(15-8)13-16-12(9-5-6-9)11(7-14)17-13/h2-4,9H,5-7,14H2,1H3. The van der Waals surface area contributed by atoms with Gasteiger partial charge in [-0.3, -0.25) is 4.98 Å². The van der Waals surface area contributed by atoms with E-state index >= 15 is 0 Å². The average Bonchev–Trinajstić information content (AvgIpc) is 3.08. The molecule has 3 nitrogen and oxygen atoms in total. The van der Waals surface area contributed by atoms with Gasteiger partial charge in [0.2, 0.25) is 0 Å². The number of hydrogen-bond acceptors (Lipinski definition) is 4. The van der Waals surface area contributed by atoms with E-state index in [0.29, 0.717) is 12.5 Å². The lowest BCUT2D eigenvalue weighted by Crippen LogP contribution is -1.96. The van der Waals surface area contributed by atoms with Crippen LogP contribution in [-0.4, -0.2) is 9.97 Å². The second kappa shape index (κ2) is 4.20. The lowest BCUT2D eigenvalue weighted by atomic mass is 10.2. The monoisotopic (exact) mass is 245 g/mol. The minimum Gasteiger partial charge on any atom is -0.326 e. The van der Waals surface area contributed by atoms with Gasteiger partial charge in [0.05, 0.1) is 11.4 Å². The van der Waals surface area contributed by atoms with Crippen molar-refractivity contribution in [2.45, 2.75) is 32.2 Å². The van der Waals surface area contributed by atoms with E-state index < -0.39 is 0 Å². The molecule has 2 N–H and O–H groups in total. The van der Waals surface area contributed by atoms with Gasteiger partial charge in [0.1, 0.15) is 5.01 Å². The Morgan fingerprint density at radius 1 is 1.35 bits per heavy atom. The molecule has 2 aromatic heterocycles. The first-order valence-corrected chi connectivity index (χ1v) is 6.73. The average molecular weight is 245 g/mol. The Hall–Kier alpha value is -1.26. The Bertz CT molecular complexity index is 543. The smallest absolute Gasteiger partial charge is 0.142 e. The molecule has 17 heavy (non-hydrogen) atoms. The molecule has 0 bridgehead atoms. The number of hydrogen-bond donors (Lipinski definition) is 1. The molecular weight excluding hydrogens is 230 g/mol. The van der Waals surface area contributed by atoms with Crippen molar-refractivity contribution in [2.75, 3.05) is 0 Å². The summed E-state index contributed by atoms with van der Waals surface area (Å²) >= 11 is 1.69. The molecule has 0 aliphatic heterocycles. The van der Waals surface area contributed by atoms with E-state index in [1.165, 1.54) is 23.4 Å². The highest BCUT2D eigenvalue weighted by molar-refractivity contribution is 7.15. The molecule has 0 unspecified atom stereocenters. The molecule has 0 aromatic carbocycles. The van der Waals surface area contributed by atoms with Gasteiger partial charge in [0, 0.05) is 23.0 Å². The van der Waals surface area contributed by atoms with Crippen LogP contribution in [0.15, 0.2) is 18.2 Å². The van der Waals surface area contributed by atoms with Gasteiger partial charge in [-0.05, 0) is 31.9 Å². The number of thiazole rings is 1. The van der Waals surface area contributed by atoms with Crippen LogP contribution in [0, 0.1) is 6.92 Å². The minimum absolute atomic E-state index is 0.593. The van der Waals surface area contributed by atoms with Crippen molar-refractivity contribution in [3.8, 4) is 10.7 Å². The number of nitrogens with two attached hydrogens (primary N) is 1. The topological polar surface area (TPSA) is 51.8 Å². The van der Waals surface area contributed by atoms with Crippen LogP contribution in [0.3, 0.4) is 0 Å². The summed E-state index contributed by atoms with van der Waals surface area (Å²) in [7, 11) is 0. The predicted octanol–water partition coefficient (Wildman–Crippen LogP) is 2.85. The number of aromatic nitrogens is 2. The summed E-state index contributed by atoms with van der Waals surface area (Å²) in [6.07, 6.45) is 2.52. The largest absolute Gasteiger partial charge is 0.326 e. The molecule has 1 aliphatic rings. The van der Waals surface area contributed by atoms with Crippen molar-refractivity contribution in [1.82, 2.24) is 9.97 Å². The number of aryl methyl sites for hydroxylation is 1. The Kier molecular flexibility index (Phi) is 2.68. The molecule has 0 atom stereocenters. The Balaban J connectivity index is 2.03. The zero-order valence-corrected chi connectivity index (χ0v) is 10.6. The van der Waals surface area contributed by atoms with E-state index in [1.807, 2.05) is 25.1 Å². The van der Waals surface area contributed by atoms with Crippen molar-refractivity contribution in [3.05, 3.63) is 34.5 Å². The molecule has 88 valence electrons. The third-order valence-corrected chi connectivity index (χ3v) is 4.10. The zero-order valence-electron chi connectivity index (χ0n) is 9.81. The predicted molar refractivity (Wildman–Crippen MR) is 69.9 cm³/mol. The minimum atomic E-state index is 0.593. The van der Waals surface area contributed by atoms with Gasteiger partial charge in [0.15, 0.2) is 0 Å². The second-order valence-electron chi connectivity index (χ2n) is 4.47. The summed E-state index contributed by atoms with van der Waals surface area (Å²) in [4.78, 5) is 10.5. The summed E-state index contributed by atoms with van der Waals surface area (Å²) in [5.74, 6) is 0.656. The number of pyridine rings is 1. The number of nitrogens with zero attached hydrogens (tertiary/aromatic N) is 2. The maximum atomic E-state index is 5.79. The van der Waals surface area contributed by atoms with Crippen LogP contribution in [0.1, 0.15) is 35.0 Å². The Morgan fingerprint density at radius 3 is 2.82 bits per heavy atom. The van der Waals surface area contributed by atoms with Crippen LogP contribution in [0.2, 0.25) is 0 Å². The van der Waals surface area contributed by atoms with Crippen molar-refractivity contribution in [3.63, 3.8) is 0 Å². The van der Waals surface area contributed by atoms with E-state index in [4.69, 9.17) is 10.7 Å². The summed E-state index contributed by atoms with van der Waals surface area (Å²) in [5, 5.41) is 1.01. The van der Waals surface area contributed by atoms with Gasteiger partial charge in [0.25, 0.3) is 0 Å². The Labute approximate surface area is 105 Å². The highest BCUT2D eigenvalue weighted by Gasteiger charge is 2.29. The molecule has 2 heterocycles. The van der Waals surface area contributed by atoms with Gasteiger partial charge in [-0.15, -0.1) is 11.3 Å². The summed E-state index contributed by atoms with van der Waals surface area (Å²) in [5.41, 5.74) is 9.00. The second-order valence-corrected chi connectivity index (χ2v) is 5.55. The van der Waals surface area contributed by atoms with Crippen molar-refractivity contribution in [2.24, 2.45) is 5.73 Å². The van der Waals surface area contributed by atoms with E-state index in [9.17, 15) is 0 Å². The summed E-state index contributed by atoms with van der Waals surface area (Å²) in [6, 6.07) is 6.05. The van der Waals surface area contributed by atoms with Gasteiger partial charge in [-0.1, -0.05) is 6.07 Å². The maximum Gasteiger partial charge on any atom is 0.142 e. The molecule has 1 fully saturated rings. The van der Waals surface area contributed by atoms with Crippen molar-refractivity contribution < 1.29 is 0 Å². The van der Waals surface area contributed by atoms with Crippen molar-refractivity contribution >= 4 is 11.3 Å². The van der Waals surface area contributed by atoms with Crippen LogP contribution in [0.4, 0.5) is 0 Å². The van der Waals surface area contributed by atoms with Gasteiger partial charge in [-0.2, -0.15) is 0 Å². The first kappa shape index (κ1) is 10.9. The highest BCUT2D eigenvalue weighted by atomic mass is 32.1. The molecular formula is C13H15N3S. The van der Waals surface area contributed by atoms with Crippen LogP contribution < -0.4 is 5.73 Å².